The number of Topliss-reactive ketones (excluding diaryl/α,β-unsaturated/α-hetero) is 1. The normalized spacial score (nSPS) is 13.9. The van der Waals surface area contributed by atoms with Crippen molar-refractivity contribution in [2.75, 3.05) is 34.4 Å². The van der Waals surface area contributed by atoms with Gasteiger partial charge >= 0.3 is 0 Å². The Labute approximate surface area is 213 Å². The number of amides is 1. The van der Waals surface area contributed by atoms with E-state index in [2.05, 4.69) is 25.5 Å². The van der Waals surface area contributed by atoms with Gasteiger partial charge in [-0.3, -0.25) is 14.8 Å². The molecule has 1 saturated heterocycles. The Morgan fingerprint density at radius 1 is 1.11 bits per heavy atom. The molecule has 3 heterocycles. The average Bonchev–Trinajstić information content (AvgIpc) is 2.85. The van der Waals surface area contributed by atoms with Gasteiger partial charge in [-0.15, -0.1) is 0 Å². The van der Waals surface area contributed by atoms with Gasteiger partial charge in [0.25, 0.3) is 5.91 Å². The third-order valence-electron chi connectivity index (χ3n) is 5.94. The number of nitrogens with one attached hydrogen (secondary N) is 2. The number of hydrogen-bond donors (Lipinski definition) is 6. The van der Waals surface area contributed by atoms with E-state index < -0.39 is 5.91 Å². The van der Waals surface area contributed by atoms with Crippen molar-refractivity contribution in [3.63, 3.8) is 0 Å². The van der Waals surface area contributed by atoms with Crippen LogP contribution in [-0.2, 0) is 0 Å². The third-order valence-corrected chi connectivity index (χ3v) is 5.94. The van der Waals surface area contributed by atoms with Crippen LogP contribution in [0.4, 0.5) is 28.7 Å². The van der Waals surface area contributed by atoms with Gasteiger partial charge in [-0.1, -0.05) is 0 Å². The highest BCUT2D eigenvalue weighted by molar-refractivity contribution is 5.99. The van der Waals surface area contributed by atoms with E-state index >= 15 is 0 Å². The Bertz CT molecular complexity index is 1280. The van der Waals surface area contributed by atoms with Gasteiger partial charge in [0.1, 0.15) is 11.6 Å². The summed E-state index contributed by atoms with van der Waals surface area (Å²) in [5.41, 5.74) is 13.5. The van der Waals surface area contributed by atoms with Gasteiger partial charge in [0.05, 0.1) is 34.0 Å². The molecule has 13 heteroatoms. The molecule has 1 aliphatic heterocycles. The lowest BCUT2D eigenvalue weighted by Crippen LogP contribution is -2.39. The molecule has 194 valence electrons. The second-order valence-corrected chi connectivity index (χ2v) is 8.62. The lowest BCUT2D eigenvalue weighted by molar-refractivity contribution is -0.285. The zero-order valence-electron chi connectivity index (χ0n) is 20.2. The molecule has 0 spiro atoms. The fourth-order valence-electron chi connectivity index (χ4n) is 4.11. The lowest BCUT2D eigenvalue weighted by atomic mass is 10.0. The van der Waals surface area contributed by atoms with Crippen molar-refractivity contribution in [3.05, 3.63) is 59.9 Å². The highest BCUT2D eigenvalue weighted by atomic mass is 16.9. The summed E-state index contributed by atoms with van der Waals surface area (Å²) in [6, 6.07) is 10.2. The minimum Gasteiger partial charge on any atom is -0.397 e. The number of carbonyl (C=O) groups excluding carboxylic acids is 2. The van der Waals surface area contributed by atoms with Crippen molar-refractivity contribution in [1.82, 2.24) is 15.3 Å². The van der Waals surface area contributed by atoms with Crippen LogP contribution in [0.15, 0.2) is 48.8 Å². The summed E-state index contributed by atoms with van der Waals surface area (Å²) in [6.45, 7) is 2.93. The van der Waals surface area contributed by atoms with Crippen LogP contribution < -0.4 is 37.7 Å². The zero-order valence-corrected chi connectivity index (χ0v) is 20.2. The molecule has 0 radical (unpaired) electrons. The highest BCUT2D eigenvalue weighted by Crippen LogP contribution is 2.29. The second kappa shape index (κ2) is 11.1. The van der Waals surface area contributed by atoms with Crippen LogP contribution in [0, 0.1) is 0 Å². The van der Waals surface area contributed by atoms with Crippen molar-refractivity contribution in [2.24, 2.45) is 11.6 Å². The molecule has 0 aliphatic carbocycles. The Morgan fingerprint density at radius 3 is 2.49 bits per heavy atom. The molecule has 3 aromatic rings. The molecule has 1 fully saturated rings. The SMILES string of the molecule is CC(=O)c1ccc(Nc2cc(NC3CCN(c4ccc(N)cn4)CC3)c(C(N)=O)cn2)cc1ON(N)O. The van der Waals surface area contributed by atoms with Gasteiger partial charge < -0.3 is 31.8 Å². The maximum atomic E-state index is 12.1. The molecular weight excluding hydrogens is 478 g/mol. The monoisotopic (exact) mass is 507 g/mol. The van der Waals surface area contributed by atoms with Gasteiger partial charge in [0.2, 0.25) is 0 Å². The van der Waals surface area contributed by atoms with Crippen molar-refractivity contribution < 1.29 is 19.6 Å². The zero-order chi connectivity index (χ0) is 26.5. The van der Waals surface area contributed by atoms with Crippen molar-refractivity contribution >= 4 is 40.4 Å². The standard InChI is InChI=1S/C24H29N9O4/c1-14(34)18-4-3-17(10-21(18)37-33(27)36)31-22-11-20(19(13-28-22)24(26)35)30-16-6-8-32(9-7-16)23-5-2-15(25)12-29-23/h2-5,10-13,16,36H,6-9,25,27H2,1H3,(H2,26,35)(H2,28,30,31). The lowest BCUT2D eigenvalue weighted by Gasteiger charge is -2.34. The van der Waals surface area contributed by atoms with Crippen LogP contribution in [0.25, 0.3) is 0 Å². The van der Waals surface area contributed by atoms with Gasteiger partial charge in [0.15, 0.2) is 11.5 Å². The Hall–Kier alpha value is -4.46. The molecular formula is C24H29N9O4. The number of nitrogen functional groups attached to an aromatic ring is 1. The van der Waals surface area contributed by atoms with Gasteiger partial charge in [-0.2, -0.15) is 0 Å². The van der Waals surface area contributed by atoms with Gasteiger partial charge in [-0.25, -0.2) is 15.8 Å². The second-order valence-electron chi connectivity index (χ2n) is 8.62. The van der Waals surface area contributed by atoms with E-state index in [1.165, 1.54) is 25.3 Å². The third kappa shape index (κ3) is 6.41. The van der Waals surface area contributed by atoms with Crippen molar-refractivity contribution in [2.45, 2.75) is 25.8 Å². The predicted octanol–water partition coefficient (Wildman–Crippen LogP) is 2.04. The van der Waals surface area contributed by atoms with Crippen LogP contribution in [-0.4, -0.2) is 51.3 Å². The fraction of sp³-hybridized carbons (Fsp3) is 0.250. The summed E-state index contributed by atoms with van der Waals surface area (Å²) in [5, 5.41) is 15.8. The largest absolute Gasteiger partial charge is 0.397 e. The first-order valence-corrected chi connectivity index (χ1v) is 11.6. The summed E-state index contributed by atoms with van der Waals surface area (Å²) in [6.07, 6.45) is 4.68. The van der Waals surface area contributed by atoms with Crippen LogP contribution >= 0.6 is 0 Å². The minimum absolute atomic E-state index is 0.0160. The maximum absolute atomic E-state index is 12.1. The number of carbonyl (C=O) groups is 2. The summed E-state index contributed by atoms with van der Waals surface area (Å²) in [7, 11) is 0. The average molecular weight is 508 g/mol. The molecule has 1 aliphatic rings. The van der Waals surface area contributed by atoms with Crippen molar-refractivity contribution in [3.8, 4) is 5.75 Å². The molecule has 0 unspecified atom stereocenters. The molecule has 2 aromatic heterocycles. The van der Waals surface area contributed by atoms with Gasteiger partial charge in [-0.05, 0) is 44.0 Å². The highest BCUT2D eigenvalue weighted by Gasteiger charge is 2.22. The number of piperidine rings is 1. The first-order valence-electron chi connectivity index (χ1n) is 11.6. The van der Waals surface area contributed by atoms with Crippen LogP contribution in [0.3, 0.4) is 0 Å². The molecule has 4 rings (SSSR count). The smallest absolute Gasteiger partial charge is 0.252 e. The maximum Gasteiger partial charge on any atom is 0.252 e. The van der Waals surface area contributed by atoms with Crippen molar-refractivity contribution in [1.29, 1.82) is 0 Å². The number of benzene rings is 1. The minimum atomic E-state index is -0.599. The van der Waals surface area contributed by atoms with Crippen LogP contribution in [0.2, 0.25) is 0 Å². The quantitative estimate of drug-likeness (QED) is 0.140. The Morgan fingerprint density at radius 2 is 1.86 bits per heavy atom. The summed E-state index contributed by atoms with van der Waals surface area (Å²) >= 11 is 0. The van der Waals surface area contributed by atoms with E-state index in [1.807, 2.05) is 12.1 Å². The molecule has 0 bridgehead atoms. The first-order chi connectivity index (χ1) is 17.7. The first kappa shape index (κ1) is 25.6. The van der Waals surface area contributed by atoms with E-state index in [1.54, 1.807) is 18.3 Å². The Kier molecular flexibility index (Phi) is 7.67. The summed E-state index contributed by atoms with van der Waals surface area (Å²) in [4.78, 5) is 39.8. The summed E-state index contributed by atoms with van der Waals surface area (Å²) in [5.74, 6) is 5.64. The molecule has 9 N–H and O–H groups in total. The van der Waals surface area contributed by atoms with Crippen LogP contribution in [0.5, 0.6) is 5.75 Å². The topological polar surface area (TPSA) is 198 Å². The summed E-state index contributed by atoms with van der Waals surface area (Å²) < 4.78 is 0. The number of aromatic nitrogens is 2. The number of rotatable bonds is 9. The van der Waals surface area contributed by atoms with E-state index in [0.717, 1.165) is 31.7 Å². The fourth-order valence-corrected chi connectivity index (χ4v) is 4.11. The molecule has 37 heavy (non-hydrogen) atoms. The van der Waals surface area contributed by atoms with E-state index in [0.29, 0.717) is 22.9 Å². The number of primary amides is 1. The molecule has 1 aromatic carbocycles. The number of pyridine rings is 2. The number of hydrogen-bond acceptors (Lipinski definition) is 12. The van der Waals surface area contributed by atoms with E-state index in [4.69, 9.17) is 22.1 Å². The predicted molar refractivity (Wildman–Crippen MR) is 138 cm³/mol. The number of nitrogens with two attached hydrogens (primary N) is 3. The Balaban J connectivity index is 1.49. The molecule has 13 nitrogen and oxygen atoms in total. The van der Waals surface area contributed by atoms with Crippen LogP contribution in [0.1, 0.15) is 40.5 Å². The van der Waals surface area contributed by atoms with E-state index in [9.17, 15) is 14.8 Å². The van der Waals surface area contributed by atoms with E-state index in [-0.39, 0.29) is 34.0 Å². The molecule has 1 amide bonds. The number of ketones is 1. The number of nitrogens with zero attached hydrogens (tertiary/aromatic N) is 4. The number of hydrazine groups is 1. The number of anilines is 5. The molecule has 0 saturated carbocycles. The molecule has 0 atom stereocenters. The van der Waals surface area contributed by atoms with Gasteiger partial charge in [0, 0.05) is 43.1 Å².